The van der Waals surface area contributed by atoms with Crippen molar-refractivity contribution in [1.82, 2.24) is 5.43 Å². The molecule has 2 aromatic rings. The van der Waals surface area contributed by atoms with Crippen LogP contribution in [0, 0.1) is 0 Å². The average Bonchev–Trinajstić information content (AvgIpc) is 2.66. The van der Waals surface area contributed by atoms with Gasteiger partial charge in [-0.25, -0.2) is 5.43 Å². The molecule has 1 atom stereocenters. The van der Waals surface area contributed by atoms with Crippen molar-refractivity contribution in [3.05, 3.63) is 59.7 Å². The van der Waals surface area contributed by atoms with Crippen molar-refractivity contribution in [3.63, 3.8) is 0 Å². The maximum Gasteiger partial charge on any atom is 0.252 e. The second-order valence-electron chi connectivity index (χ2n) is 5.28. The van der Waals surface area contributed by atoms with Crippen molar-refractivity contribution in [2.24, 2.45) is 5.10 Å². The summed E-state index contributed by atoms with van der Waals surface area (Å²) in [6.07, 6.45) is 1.56. The first-order chi connectivity index (χ1) is 12.1. The quantitative estimate of drug-likeness (QED) is 0.580. The summed E-state index contributed by atoms with van der Waals surface area (Å²) < 4.78 is 10.4. The van der Waals surface area contributed by atoms with Gasteiger partial charge in [-0.2, -0.15) is 5.10 Å². The fourth-order valence-electron chi connectivity index (χ4n) is 2.05. The molecule has 0 spiro atoms. The molecule has 2 rings (SSSR count). The number of carbonyl (C=O) groups is 1. The molecule has 0 aliphatic rings. The Morgan fingerprint density at radius 1 is 1.20 bits per heavy atom. The largest absolute Gasteiger partial charge is 0.497 e. The highest BCUT2D eigenvalue weighted by atomic mass is 32.2. The molecular formula is C19H22N2O3S. The molecule has 6 heteroatoms. The van der Waals surface area contributed by atoms with Gasteiger partial charge in [0.2, 0.25) is 0 Å². The third-order valence-corrected chi connectivity index (χ3v) is 4.75. The van der Waals surface area contributed by atoms with Crippen LogP contribution in [0.25, 0.3) is 0 Å². The number of hydrogen-bond acceptors (Lipinski definition) is 5. The van der Waals surface area contributed by atoms with Gasteiger partial charge in [-0.1, -0.05) is 30.3 Å². The van der Waals surface area contributed by atoms with Gasteiger partial charge in [-0.15, -0.1) is 11.8 Å². The molecule has 0 bridgehead atoms. The van der Waals surface area contributed by atoms with Crippen molar-refractivity contribution in [2.75, 3.05) is 14.2 Å². The van der Waals surface area contributed by atoms with Gasteiger partial charge in [0.25, 0.3) is 5.91 Å². The summed E-state index contributed by atoms with van der Waals surface area (Å²) in [5, 5.41) is 3.82. The SMILES string of the molecule is COc1ccc(/C=N\NC(=O)[C@@H](C)SCc2ccccc2)c(OC)c1. The molecule has 0 fully saturated rings. The van der Waals surface area contributed by atoms with E-state index in [1.54, 1.807) is 38.3 Å². The van der Waals surface area contributed by atoms with Crippen LogP contribution in [-0.4, -0.2) is 31.6 Å². The lowest BCUT2D eigenvalue weighted by atomic mass is 10.2. The van der Waals surface area contributed by atoms with Gasteiger partial charge in [-0.05, 0) is 24.6 Å². The predicted molar refractivity (Wildman–Crippen MR) is 102 cm³/mol. The van der Waals surface area contributed by atoms with Gasteiger partial charge in [-0.3, -0.25) is 4.79 Å². The minimum atomic E-state index is -0.199. The maximum atomic E-state index is 12.1. The second kappa shape index (κ2) is 9.74. The normalized spacial score (nSPS) is 12.0. The number of nitrogens with zero attached hydrogens (tertiary/aromatic N) is 1. The minimum absolute atomic E-state index is 0.135. The zero-order valence-corrected chi connectivity index (χ0v) is 15.4. The maximum absolute atomic E-state index is 12.1. The first kappa shape index (κ1) is 18.9. The molecule has 132 valence electrons. The van der Waals surface area contributed by atoms with Crippen LogP contribution in [0.1, 0.15) is 18.1 Å². The molecule has 0 aliphatic carbocycles. The summed E-state index contributed by atoms with van der Waals surface area (Å²) in [5.74, 6) is 1.98. The van der Waals surface area contributed by atoms with Crippen LogP contribution in [0.4, 0.5) is 0 Å². The van der Waals surface area contributed by atoms with E-state index in [0.717, 1.165) is 11.3 Å². The van der Waals surface area contributed by atoms with E-state index in [0.29, 0.717) is 11.5 Å². The van der Waals surface area contributed by atoms with Gasteiger partial charge in [0.1, 0.15) is 11.5 Å². The molecule has 0 saturated heterocycles. The molecule has 1 N–H and O–H groups in total. The monoisotopic (exact) mass is 358 g/mol. The molecule has 1 amide bonds. The zero-order chi connectivity index (χ0) is 18.1. The first-order valence-electron chi connectivity index (χ1n) is 7.84. The Bertz CT molecular complexity index is 720. The van der Waals surface area contributed by atoms with Crippen LogP contribution in [0.2, 0.25) is 0 Å². The molecule has 0 saturated carbocycles. The van der Waals surface area contributed by atoms with Crippen molar-refractivity contribution in [3.8, 4) is 11.5 Å². The summed E-state index contributed by atoms with van der Waals surface area (Å²) in [7, 11) is 3.17. The number of nitrogens with one attached hydrogen (secondary N) is 1. The molecule has 0 aliphatic heterocycles. The Labute approximate surface area is 152 Å². The third kappa shape index (κ3) is 5.83. The Hall–Kier alpha value is -2.47. The molecule has 0 radical (unpaired) electrons. The molecule has 2 aromatic carbocycles. The van der Waals surface area contributed by atoms with Crippen molar-refractivity contribution in [1.29, 1.82) is 0 Å². The highest BCUT2D eigenvalue weighted by molar-refractivity contribution is 7.99. The Morgan fingerprint density at radius 2 is 1.96 bits per heavy atom. The molecule has 25 heavy (non-hydrogen) atoms. The van der Waals surface area contributed by atoms with E-state index in [4.69, 9.17) is 9.47 Å². The van der Waals surface area contributed by atoms with Gasteiger partial charge in [0, 0.05) is 17.4 Å². The zero-order valence-electron chi connectivity index (χ0n) is 14.6. The number of hydrogen-bond donors (Lipinski definition) is 1. The van der Waals surface area contributed by atoms with Crippen LogP contribution in [-0.2, 0) is 10.5 Å². The van der Waals surface area contributed by atoms with Gasteiger partial charge in [0.15, 0.2) is 0 Å². The predicted octanol–water partition coefficient (Wildman–Crippen LogP) is 3.48. The lowest BCUT2D eigenvalue weighted by Crippen LogP contribution is -2.27. The Kier molecular flexibility index (Phi) is 7.35. The van der Waals surface area contributed by atoms with Crippen molar-refractivity contribution < 1.29 is 14.3 Å². The fraction of sp³-hybridized carbons (Fsp3) is 0.263. The first-order valence-corrected chi connectivity index (χ1v) is 8.89. The fourth-order valence-corrected chi connectivity index (χ4v) is 2.89. The number of amides is 1. The van der Waals surface area contributed by atoms with Crippen LogP contribution in [0.3, 0.4) is 0 Å². The van der Waals surface area contributed by atoms with Crippen molar-refractivity contribution >= 4 is 23.9 Å². The van der Waals surface area contributed by atoms with E-state index in [1.807, 2.05) is 49.4 Å². The minimum Gasteiger partial charge on any atom is -0.497 e. The van der Waals surface area contributed by atoms with E-state index >= 15 is 0 Å². The standard InChI is InChI=1S/C19H22N2O3S/c1-14(25-13-15-7-5-4-6-8-15)19(22)21-20-12-16-9-10-17(23-2)11-18(16)24-3/h4-12,14H,13H2,1-3H3,(H,21,22)/b20-12-/t14-/m1/s1. The van der Waals surface area contributed by atoms with E-state index in [-0.39, 0.29) is 11.2 Å². The number of ether oxygens (including phenoxy) is 2. The summed E-state index contributed by atoms with van der Waals surface area (Å²) in [6.45, 7) is 1.87. The van der Waals surface area contributed by atoms with E-state index in [2.05, 4.69) is 10.5 Å². The van der Waals surface area contributed by atoms with Gasteiger partial charge < -0.3 is 9.47 Å². The van der Waals surface area contributed by atoms with Gasteiger partial charge in [0.05, 0.1) is 25.7 Å². The number of carbonyl (C=O) groups excluding carboxylic acids is 1. The van der Waals surface area contributed by atoms with Crippen LogP contribution >= 0.6 is 11.8 Å². The highest BCUT2D eigenvalue weighted by Gasteiger charge is 2.12. The van der Waals surface area contributed by atoms with E-state index < -0.39 is 0 Å². The molecular weight excluding hydrogens is 336 g/mol. The molecule has 0 heterocycles. The van der Waals surface area contributed by atoms with Crippen molar-refractivity contribution in [2.45, 2.75) is 17.9 Å². The van der Waals surface area contributed by atoms with E-state index in [9.17, 15) is 4.79 Å². The second-order valence-corrected chi connectivity index (χ2v) is 6.61. The Balaban J connectivity index is 1.87. The summed E-state index contributed by atoms with van der Waals surface area (Å²) in [5.41, 5.74) is 4.52. The van der Waals surface area contributed by atoms with Crippen LogP contribution in [0.5, 0.6) is 11.5 Å². The van der Waals surface area contributed by atoms with Gasteiger partial charge >= 0.3 is 0 Å². The summed E-state index contributed by atoms with van der Waals surface area (Å²) >= 11 is 1.57. The lowest BCUT2D eigenvalue weighted by molar-refractivity contribution is -0.120. The smallest absolute Gasteiger partial charge is 0.252 e. The number of hydrazone groups is 1. The van der Waals surface area contributed by atoms with E-state index in [1.165, 1.54) is 5.56 Å². The number of rotatable bonds is 8. The topological polar surface area (TPSA) is 59.9 Å². The average molecular weight is 358 g/mol. The molecule has 0 unspecified atom stereocenters. The molecule has 5 nitrogen and oxygen atoms in total. The number of thioether (sulfide) groups is 1. The Morgan fingerprint density at radius 3 is 2.64 bits per heavy atom. The summed E-state index contributed by atoms with van der Waals surface area (Å²) in [6, 6.07) is 15.5. The summed E-state index contributed by atoms with van der Waals surface area (Å²) in [4.78, 5) is 12.1. The molecule has 0 aromatic heterocycles. The lowest BCUT2D eigenvalue weighted by Gasteiger charge is -2.10. The third-order valence-electron chi connectivity index (χ3n) is 3.53. The number of benzene rings is 2. The van der Waals surface area contributed by atoms with Crippen LogP contribution < -0.4 is 14.9 Å². The highest BCUT2D eigenvalue weighted by Crippen LogP contribution is 2.23. The van der Waals surface area contributed by atoms with Crippen LogP contribution in [0.15, 0.2) is 53.6 Å². The number of methoxy groups -OCH3 is 2.